The number of nitrogens with one attached hydrogen (secondary N) is 2. The van der Waals surface area contributed by atoms with Crippen LogP contribution in [-0.4, -0.2) is 43.3 Å². The van der Waals surface area contributed by atoms with Gasteiger partial charge in [0.2, 0.25) is 10.0 Å². The number of sulfonamides is 1. The Hall–Kier alpha value is -1.67. The van der Waals surface area contributed by atoms with Gasteiger partial charge in [0.05, 0.1) is 11.3 Å². The van der Waals surface area contributed by atoms with Crippen LogP contribution in [0.5, 0.6) is 0 Å². The van der Waals surface area contributed by atoms with Crippen LogP contribution in [0.2, 0.25) is 0 Å². The molecule has 0 aliphatic heterocycles. The zero-order chi connectivity index (χ0) is 15.9. The first-order valence-corrected chi connectivity index (χ1v) is 8.48. The fourth-order valence-electron chi connectivity index (χ4n) is 1.79. The summed E-state index contributed by atoms with van der Waals surface area (Å²) in [6.07, 6.45) is 1.52. The number of aryl methyl sites for hydroxylation is 1. The van der Waals surface area contributed by atoms with Crippen LogP contribution >= 0.6 is 0 Å². The zero-order valence-corrected chi connectivity index (χ0v) is 13.0. The van der Waals surface area contributed by atoms with Gasteiger partial charge in [-0.1, -0.05) is 20.3 Å². The van der Waals surface area contributed by atoms with Crippen molar-refractivity contribution in [3.63, 3.8) is 0 Å². The molecule has 1 aromatic rings. The molecule has 0 aromatic carbocycles. The average molecular weight is 315 g/mol. The maximum absolute atomic E-state index is 11.5. The Balaban J connectivity index is 2.76. The molecule has 8 heteroatoms. The van der Waals surface area contributed by atoms with Gasteiger partial charge in [0.1, 0.15) is 5.82 Å². The predicted molar refractivity (Wildman–Crippen MR) is 81.1 cm³/mol. The van der Waals surface area contributed by atoms with Gasteiger partial charge in [0, 0.05) is 18.8 Å². The summed E-state index contributed by atoms with van der Waals surface area (Å²) in [6.45, 7) is 4.19. The molecular weight excluding hydrogens is 294 g/mol. The van der Waals surface area contributed by atoms with Gasteiger partial charge < -0.3 is 10.4 Å². The number of rotatable bonds is 9. The second-order valence-corrected chi connectivity index (χ2v) is 6.46. The molecule has 1 rings (SSSR count). The van der Waals surface area contributed by atoms with Gasteiger partial charge in [-0.15, -0.1) is 0 Å². The van der Waals surface area contributed by atoms with E-state index in [1.165, 1.54) is 12.1 Å². The maximum Gasteiger partial charge on any atom is 0.335 e. The Morgan fingerprint density at radius 2 is 2.05 bits per heavy atom. The molecule has 118 valence electrons. The second kappa shape index (κ2) is 7.94. The molecule has 1 heterocycles. The minimum absolute atomic E-state index is 0.0943. The van der Waals surface area contributed by atoms with E-state index >= 15 is 0 Å². The third kappa shape index (κ3) is 6.09. The van der Waals surface area contributed by atoms with E-state index < -0.39 is 16.0 Å². The normalized spacial score (nSPS) is 11.3. The standard InChI is InChI=1S/C13H21N3O4S/c1-3-5-11-8-10(13(17)18)9-12(16-11)14-6-7-21(19,20)15-4-2/h8-9,15H,3-7H2,1-2H3,(H,14,16)(H,17,18). The highest BCUT2D eigenvalue weighted by molar-refractivity contribution is 7.89. The molecule has 0 aliphatic carbocycles. The number of hydrogen-bond donors (Lipinski definition) is 3. The Bertz CT molecular complexity index is 587. The summed E-state index contributed by atoms with van der Waals surface area (Å²) < 4.78 is 25.4. The Kier molecular flexibility index (Phi) is 6.57. The molecule has 0 amide bonds. The lowest BCUT2D eigenvalue weighted by molar-refractivity contribution is 0.0696. The van der Waals surface area contributed by atoms with Gasteiger partial charge in [-0.2, -0.15) is 0 Å². The van der Waals surface area contributed by atoms with Gasteiger partial charge in [-0.05, 0) is 18.6 Å². The molecular formula is C13H21N3O4S. The van der Waals surface area contributed by atoms with E-state index in [-0.39, 0.29) is 17.9 Å². The van der Waals surface area contributed by atoms with E-state index in [9.17, 15) is 13.2 Å². The molecule has 7 nitrogen and oxygen atoms in total. The summed E-state index contributed by atoms with van der Waals surface area (Å²) in [5.41, 5.74) is 0.819. The second-order valence-electron chi connectivity index (χ2n) is 4.53. The average Bonchev–Trinajstić information content (AvgIpc) is 2.38. The van der Waals surface area contributed by atoms with E-state index in [0.29, 0.717) is 24.5 Å². The minimum Gasteiger partial charge on any atom is -0.478 e. The van der Waals surface area contributed by atoms with Crippen LogP contribution in [0.1, 0.15) is 36.3 Å². The lowest BCUT2D eigenvalue weighted by atomic mass is 10.1. The third-order valence-corrected chi connectivity index (χ3v) is 4.14. The fourth-order valence-corrected chi connectivity index (χ4v) is 2.75. The highest BCUT2D eigenvalue weighted by Gasteiger charge is 2.10. The fraction of sp³-hybridized carbons (Fsp3) is 0.538. The summed E-state index contributed by atoms with van der Waals surface area (Å²) in [7, 11) is -3.31. The molecule has 1 aromatic heterocycles. The summed E-state index contributed by atoms with van der Waals surface area (Å²) >= 11 is 0. The highest BCUT2D eigenvalue weighted by atomic mass is 32.2. The van der Waals surface area contributed by atoms with Crippen molar-refractivity contribution < 1.29 is 18.3 Å². The number of aromatic carboxylic acids is 1. The van der Waals surface area contributed by atoms with Gasteiger partial charge in [0.25, 0.3) is 0 Å². The van der Waals surface area contributed by atoms with Crippen LogP contribution in [0.4, 0.5) is 5.82 Å². The number of carbonyl (C=O) groups is 1. The molecule has 0 radical (unpaired) electrons. The summed E-state index contributed by atoms with van der Waals surface area (Å²) in [5.74, 6) is -0.744. The van der Waals surface area contributed by atoms with Crippen molar-refractivity contribution in [1.29, 1.82) is 0 Å². The molecule has 0 spiro atoms. The van der Waals surface area contributed by atoms with Crippen LogP contribution in [0, 0.1) is 0 Å². The van der Waals surface area contributed by atoms with Gasteiger partial charge in [0.15, 0.2) is 0 Å². The number of pyridine rings is 1. The van der Waals surface area contributed by atoms with Crippen LogP contribution in [0.25, 0.3) is 0 Å². The third-order valence-electron chi connectivity index (χ3n) is 2.67. The first kappa shape index (κ1) is 17.4. The number of hydrogen-bond acceptors (Lipinski definition) is 5. The van der Waals surface area contributed by atoms with Crippen molar-refractivity contribution in [3.8, 4) is 0 Å². The van der Waals surface area contributed by atoms with Crippen molar-refractivity contribution in [3.05, 3.63) is 23.4 Å². The van der Waals surface area contributed by atoms with E-state index in [4.69, 9.17) is 5.11 Å². The van der Waals surface area contributed by atoms with E-state index in [0.717, 1.165) is 6.42 Å². The van der Waals surface area contributed by atoms with Crippen molar-refractivity contribution in [2.45, 2.75) is 26.7 Å². The topological polar surface area (TPSA) is 108 Å². The van der Waals surface area contributed by atoms with Crippen LogP contribution < -0.4 is 10.0 Å². The van der Waals surface area contributed by atoms with Gasteiger partial charge in [-0.3, -0.25) is 0 Å². The van der Waals surface area contributed by atoms with E-state index in [2.05, 4.69) is 15.0 Å². The molecule has 0 saturated heterocycles. The van der Waals surface area contributed by atoms with E-state index in [1.54, 1.807) is 6.92 Å². The molecule has 0 saturated carbocycles. The highest BCUT2D eigenvalue weighted by Crippen LogP contribution is 2.12. The van der Waals surface area contributed by atoms with Crippen molar-refractivity contribution >= 4 is 21.8 Å². The molecule has 0 aliphatic rings. The molecule has 0 bridgehead atoms. The largest absolute Gasteiger partial charge is 0.478 e. The van der Waals surface area contributed by atoms with Crippen molar-refractivity contribution in [1.82, 2.24) is 9.71 Å². The van der Waals surface area contributed by atoms with Crippen molar-refractivity contribution in [2.75, 3.05) is 24.2 Å². The molecule has 0 atom stereocenters. The quantitative estimate of drug-likeness (QED) is 0.629. The summed E-state index contributed by atoms with van der Waals surface area (Å²) in [6, 6.07) is 2.94. The van der Waals surface area contributed by atoms with Crippen LogP contribution in [0.3, 0.4) is 0 Å². The molecule has 0 unspecified atom stereocenters. The predicted octanol–water partition coefficient (Wildman–Crippen LogP) is 1.08. The number of carboxylic acid groups (broad SMARTS) is 1. The number of nitrogens with zero attached hydrogens (tertiary/aromatic N) is 1. The first-order chi connectivity index (χ1) is 9.88. The first-order valence-electron chi connectivity index (χ1n) is 6.83. The number of carboxylic acids is 1. The zero-order valence-electron chi connectivity index (χ0n) is 12.2. The number of aromatic nitrogens is 1. The SMILES string of the molecule is CCCc1cc(C(=O)O)cc(NCCS(=O)(=O)NCC)n1. The van der Waals surface area contributed by atoms with Crippen molar-refractivity contribution in [2.24, 2.45) is 0 Å². The Morgan fingerprint density at radius 3 is 2.62 bits per heavy atom. The maximum atomic E-state index is 11.5. The van der Waals surface area contributed by atoms with E-state index in [1.807, 2.05) is 6.92 Å². The lowest BCUT2D eigenvalue weighted by Crippen LogP contribution is -2.29. The van der Waals surface area contributed by atoms with Gasteiger partial charge >= 0.3 is 5.97 Å². The number of anilines is 1. The monoisotopic (exact) mass is 315 g/mol. The smallest absolute Gasteiger partial charge is 0.335 e. The summed E-state index contributed by atoms with van der Waals surface area (Å²) in [5, 5.41) is 11.9. The van der Waals surface area contributed by atoms with Gasteiger partial charge in [-0.25, -0.2) is 22.9 Å². The molecule has 21 heavy (non-hydrogen) atoms. The molecule has 3 N–H and O–H groups in total. The van der Waals surface area contributed by atoms with Crippen LogP contribution in [-0.2, 0) is 16.4 Å². The Morgan fingerprint density at radius 1 is 1.33 bits per heavy atom. The summed E-state index contributed by atoms with van der Waals surface area (Å²) in [4.78, 5) is 15.3. The van der Waals surface area contributed by atoms with Crippen LogP contribution in [0.15, 0.2) is 12.1 Å². The Labute approximate surface area is 124 Å². The minimum atomic E-state index is -3.31. The lowest BCUT2D eigenvalue weighted by Gasteiger charge is -2.09. The molecule has 0 fully saturated rings.